The molecule has 0 saturated carbocycles. The molecule has 0 amide bonds. The third-order valence-electron chi connectivity index (χ3n) is 4.13. The highest BCUT2D eigenvalue weighted by molar-refractivity contribution is 7.99. The Morgan fingerprint density at radius 1 is 0.889 bits per heavy atom. The SMILES string of the molecule is CCSc1ccc(-c2cncnc2-c2cc(OC)c(OC)c(OC)c2)cc1. The van der Waals surface area contributed by atoms with E-state index in [4.69, 9.17) is 14.2 Å². The fraction of sp³-hybridized carbons (Fsp3) is 0.238. The van der Waals surface area contributed by atoms with E-state index in [1.807, 2.05) is 30.1 Å². The fourth-order valence-electron chi connectivity index (χ4n) is 2.89. The smallest absolute Gasteiger partial charge is 0.203 e. The summed E-state index contributed by atoms with van der Waals surface area (Å²) < 4.78 is 16.4. The summed E-state index contributed by atoms with van der Waals surface area (Å²) in [5, 5.41) is 0. The van der Waals surface area contributed by atoms with Gasteiger partial charge >= 0.3 is 0 Å². The van der Waals surface area contributed by atoms with Gasteiger partial charge in [0.15, 0.2) is 11.5 Å². The second-order valence-electron chi connectivity index (χ2n) is 5.66. The van der Waals surface area contributed by atoms with E-state index in [-0.39, 0.29) is 0 Å². The third kappa shape index (κ3) is 4.01. The third-order valence-corrected chi connectivity index (χ3v) is 5.02. The highest BCUT2D eigenvalue weighted by Gasteiger charge is 2.17. The number of benzene rings is 2. The average molecular weight is 382 g/mol. The average Bonchev–Trinajstić information content (AvgIpc) is 2.73. The van der Waals surface area contributed by atoms with Crippen LogP contribution in [0, 0.1) is 0 Å². The molecular weight excluding hydrogens is 360 g/mol. The molecule has 5 nitrogen and oxygen atoms in total. The molecule has 0 radical (unpaired) electrons. The molecule has 0 N–H and O–H groups in total. The van der Waals surface area contributed by atoms with Crippen LogP contribution in [0.1, 0.15) is 6.92 Å². The summed E-state index contributed by atoms with van der Waals surface area (Å²) in [5.41, 5.74) is 3.67. The van der Waals surface area contributed by atoms with Crippen molar-refractivity contribution in [1.29, 1.82) is 0 Å². The first-order valence-electron chi connectivity index (χ1n) is 8.55. The van der Waals surface area contributed by atoms with Gasteiger partial charge in [0, 0.05) is 22.2 Å². The summed E-state index contributed by atoms with van der Waals surface area (Å²) in [7, 11) is 4.80. The predicted octanol–water partition coefficient (Wildman–Crippen LogP) is 4.95. The van der Waals surface area contributed by atoms with Crippen LogP contribution >= 0.6 is 11.8 Å². The lowest BCUT2D eigenvalue weighted by atomic mass is 10.0. The largest absolute Gasteiger partial charge is 0.493 e. The molecule has 1 heterocycles. The summed E-state index contributed by atoms with van der Waals surface area (Å²) in [6.07, 6.45) is 3.37. The molecule has 0 unspecified atom stereocenters. The molecule has 6 heteroatoms. The molecule has 0 atom stereocenters. The lowest BCUT2D eigenvalue weighted by Crippen LogP contribution is -1.97. The molecule has 140 valence electrons. The molecule has 0 aliphatic heterocycles. The summed E-state index contributed by atoms with van der Waals surface area (Å²) in [6.45, 7) is 2.15. The van der Waals surface area contributed by atoms with Crippen LogP contribution in [0.15, 0.2) is 53.8 Å². The van der Waals surface area contributed by atoms with Crippen molar-refractivity contribution in [3.05, 3.63) is 48.9 Å². The number of nitrogens with zero attached hydrogens (tertiary/aromatic N) is 2. The Morgan fingerprint density at radius 3 is 2.11 bits per heavy atom. The lowest BCUT2D eigenvalue weighted by Gasteiger charge is -2.15. The summed E-state index contributed by atoms with van der Waals surface area (Å²) in [6, 6.07) is 12.2. The molecule has 27 heavy (non-hydrogen) atoms. The normalized spacial score (nSPS) is 10.5. The molecule has 3 rings (SSSR count). The predicted molar refractivity (Wildman–Crippen MR) is 109 cm³/mol. The number of hydrogen-bond acceptors (Lipinski definition) is 6. The molecule has 0 saturated heterocycles. The monoisotopic (exact) mass is 382 g/mol. The molecule has 3 aromatic rings. The van der Waals surface area contributed by atoms with Gasteiger partial charge in [-0.3, -0.25) is 0 Å². The number of methoxy groups -OCH3 is 3. The standard InChI is InChI=1S/C21H22N2O3S/c1-5-27-16-8-6-14(7-9-16)17-12-22-13-23-20(17)15-10-18(24-2)21(26-4)19(11-15)25-3/h6-13H,5H2,1-4H3. The van der Waals surface area contributed by atoms with Crippen molar-refractivity contribution in [3.8, 4) is 39.6 Å². The summed E-state index contributed by atoms with van der Waals surface area (Å²) >= 11 is 1.82. The first-order chi connectivity index (χ1) is 13.2. The Balaban J connectivity index is 2.11. The molecule has 0 aliphatic carbocycles. The van der Waals surface area contributed by atoms with Crippen molar-refractivity contribution in [1.82, 2.24) is 9.97 Å². The lowest BCUT2D eigenvalue weighted by molar-refractivity contribution is 0.324. The van der Waals surface area contributed by atoms with Crippen LogP contribution in [0.25, 0.3) is 22.4 Å². The van der Waals surface area contributed by atoms with Crippen molar-refractivity contribution in [2.24, 2.45) is 0 Å². The summed E-state index contributed by atoms with van der Waals surface area (Å²) in [5.74, 6) is 2.78. The number of aromatic nitrogens is 2. The van der Waals surface area contributed by atoms with Crippen LogP contribution in [-0.4, -0.2) is 37.1 Å². The Labute approximate surface area is 163 Å². The van der Waals surface area contributed by atoms with Gasteiger partial charge in [0.2, 0.25) is 5.75 Å². The van der Waals surface area contributed by atoms with E-state index >= 15 is 0 Å². The van der Waals surface area contributed by atoms with Crippen LogP contribution in [0.4, 0.5) is 0 Å². The molecule has 1 aromatic heterocycles. The van der Waals surface area contributed by atoms with Crippen LogP contribution in [-0.2, 0) is 0 Å². The Kier molecular flexibility index (Phi) is 6.19. The van der Waals surface area contributed by atoms with Crippen LogP contribution in [0.2, 0.25) is 0 Å². The van der Waals surface area contributed by atoms with Gasteiger partial charge in [-0.2, -0.15) is 0 Å². The van der Waals surface area contributed by atoms with Crippen molar-refractivity contribution in [3.63, 3.8) is 0 Å². The molecule has 0 fully saturated rings. The molecule has 2 aromatic carbocycles. The van der Waals surface area contributed by atoms with Gasteiger partial charge in [0.25, 0.3) is 0 Å². The zero-order chi connectivity index (χ0) is 19.2. The first-order valence-corrected chi connectivity index (χ1v) is 9.54. The van der Waals surface area contributed by atoms with Gasteiger partial charge in [-0.15, -0.1) is 11.8 Å². The van der Waals surface area contributed by atoms with E-state index in [9.17, 15) is 0 Å². The zero-order valence-electron chi connectivity index (χ0n) is 15.9. The summed E-state index contributed by atoms with van der Waals surface area (Å²) in [4.78, 5) is 9.99. The van der Waals surface area contributed by atoms with Crippen LogP contribution in [0.3, 0.4) is 0 Å². The minimum Gasteiger partial charge on any atom is -0.493 e. The Bertz CT molecular complexity index is 889. The number of ether oxygens (including phenoxy) is 3. The van der Waals surface area contributed by atoms with Crippen molar-refractivity contribution >= 4 is 11.8 Å². The fourth-order valence-corrected chi connectivity index (χ4v) is 3.55. The van der Waals surface area contributed by atoms with Gasteiger partial charge in [-0.25, -0.2) is 9.97 Å². The maximum atomic E-state index is 5.48. The van der Waals surface area contributed by atoms with Crippen molar-refractivity contribution in [2.45, 2.75) is 11.8 Å². The van der Waals surface area contributed by atoms with Crippen LogP contribution in [0.5, 0.6) is 17.2 Å². The molecular formula is C21H22N2O3S. The quantitative estimate of drug-likeness (QED) is 0.539. The second-order valence-corrected chi connectivity index (χ2v) is 6.99. The van der Waals surface area contributed by atoms with Crippen molar-refractivity contribution < 1.29 is 14.2 Å². The van der Waals surface area contributed by atoms with Gasteiger partial charge in [0.1, 0.15) is 6.33 Å². The molecule has 0 bridgehead atoms. The van der Waals surface area contributed by atoms with E-state index < -0.39 is 0 Å². The van der Waals surface area contributed by atoms with Crippen molar-refractivity contribution in [2.75, 3.05) is 27.1 Å². The highest BCUT2D eigenvalue weighted by Crippen LogP contribution is 2.42. The van der Waals surface area contributed by atoms with Gasteiger partial charge in [-0.1, -0.05) is 19.1 Å². The van der Waals surface area contributed by atoms with Gasteiger partial charge < -0.3 is 14.2 Å². The van der Waals surface area contributed by atoms with Gasteiger partial charge in [0.05, 0.1) is 27.0 Å². The van der Waals surface area contributed by atoms with E-state index in [1.54, 1.807) is 27.7 Å². The first kappa shape index (κ1) is 19.0. The second kappa shape index (κ2) is 8.77. The number of rotatable bonds is 7. The van der Waals surface area contributed by atoms with Crippen LogP contribution < -0.4 is 14.2 Å². The van der Waals surface area contributed by atoms with E-state index in [0.717, 1.165) is 28.1 Å². The minimum absolute atomic E-state index is 0.556. The van der Waals surface area contributed by atoms with E-state index in [2.05, 4.69) is 41.2 Å². The zero-order valence-corrected chi connectivity index (χ0v) is 16.7. The maximum absolute atomic E-state index is 5.48. The van der Waals surface area contributed by atoms with E-state index in [1.165, 1.54) is 4.90 Å². The Morgan fingerprint density at radius 2 is 1.56 bits per heavy atom. The minimum atomic E-state index is 0.556. The topological polar surface area (TPSA) is 53.5 Å². The molecule has 0 spiro atoms. The van der Waals surface area contributed by atoms with Gasteiger partial charge in [-0.05, 0) is 35.6 Å². The molecule has 0 aliphatic rings. The Hall–Kier alpha value is -2.73. The number of hydrogen-bond donors (Lipinski definition) is 0. The highest BCUT2D eigenvalue weighted by atomic mass is 32.2. The van der Waals surface area contributed by atoms with E-state index in [0.29, 0.717) is 17.2 Å². The maximum Gasteiger partial charge on any atom is 0.203 e. The number of thioether (sulfide) groups is 1.